The molecule has 0 aromatic heterocycles. The first-order valence-corrected chi connectivity index (χ1v) is 39.1. The number of aliphatic carboxylic acids is 1. The molecule has 35 heteroatoms. The summed E-state index contributed by atoms with van der Waals surface area (Å²) in [7, 11) is 0. The van der Waals surface area contributed by atoms with Crippen LogP contribution in [0.4, 0.5) is 0 Å². The number of allylic oxidation sites excluding steroid dienone is 1. The van der Waals surface area contributed by atoms with Crippen LogP contribution in [0, 0.1) is 0 Å². The van der Waals surface area contributed by atoms with Crippen LogP contribution in [0.15, 0.2) is 12.2 Å². The van der Waals surface area contributed by atoms with Gasteiger partial charge in [-0.25, -0.2) is 4.79 Å². The zero-order chi connectivity index (χ0) is 78.8. The molecule has 5 aliphatic heterocycles. The molecule has 0 spiro atoms. The number of carbonyl (C=O) groups is 4. The van der Waals surface area contributed by atoms with Crippen molar-refractivity contribution in [1.29, 1.82) is 0 Å². The summed E-state index contributed by atoms with van der Waals surface area (Å²) in [4.78, 5) is 53.0. The number of ether oxygens (including phenoxy) is 10. The molecule has 23 N–H and O–H groups in total. The van der Waals surface area contributed by atoms with E-state index in [2.05, 4.69) is 29.8 Å². The van der Waals surface area contributed by atoms with Crippen LogP contribution in [0.25, 0.3) is 0 Å². The van der Waals surface area contributed by atoms with Gasteiger partial charge in [-0.2, -0.15) is 0 Å². The summed E-state index contributed by atoms with van der Waals surface area (Å²) in [6, 6.07) is -4.81. The fraction of sp³-hybridized carbons (Fsp3) is 0.918. The van der Waals surface area contributed by atoms with E-state index in [1.165, 1.54) is 103 Å². The second kappa shape index (κ2) is 51.4. The molecule has 5 fully saturated rings. The van der Waals surface area contributed by atoms with Crippen molar-refractivity contribution in [1.82, 2.24) is 22.1 Å². The molecule has 0 unspecified atom stereocenters. The van der Waals surface area contributed by atoms with Crippen LogP contribution in [-0.4, -0.2) is 321 Å². The van der Waals surface area contributed by atoms with Gasteiger partial charge < -0.3 is 156 Å². The van der Waals surface area contributed by atoms with Crippen LogP contribution in [0.1, 0.15) is 214 Å². The Labute approximate surface area is 633 Å². The maximum atomic E-state index is 13.8. The molecule has 108 heavy (non-hydrogen) atoms. The number of aliphatic hydroxyl groups is 16. The predicted molar refractivity (Wildman–Crippen MR) is 383 cm³/mol. The van der Waals surface area contributed by atoms with E-state index in [4.69, 9.17) is 47.4 Å². The number of carboxylic acid groups (broad SMARTS) is 1. The molecule has 0 aromatic rings. The van der Waals surface area contributed by atoms with Gasteiger partial charge >= 0.3 is 5.97 Å². The van der Waals surface area contributed by atoms with E-state index in [-0.39, 0.29) is 18.5 Å². The minimum absolute atomic E-state index is 0. The quantitative estimate of drug-likeness (QED) is 0.0260. The largest absolute Gasteiger partial charge is 0.477 e. The topological polar surface area (TPSA) is 576 Å². The Morgan fingerprint density at radius 2 is 0.926 bits per heavy atom. The molecule has 0 aliphatic carbocycles. The van der Waals surface area contributed by atoms with Gasteiger partial charge in [-0.05, 0) is 19.3 Å². The second-order valence-corrected chi connectivity index (χ2v) is 29.3. The van der Waals surface area contributed by atoms with Crippen molar-refractivity contribution in [3.05, 3.63) is 12.2 Å². The highest BCUT2D eigenvalue weighted by Gasteiger charge is 2.62. The van der Waals surface area contributed by atoms with Gasteiger partial charge in [-0.1, -0.05) is 180 Å². The molecule has 5 rings (SSSR count). The second-order valence-electron chi connectivity index (χ2n) is 29.3. The summed E-state index contributed by atoms with van der Waals surface area (Å²) in [6.45, 7) is 0.317. The maximum Gasteiger partial charge on any atom is 0.364 e. The van der Waals surface area contributed by atoms with Crippen molar-refractivity contribution in [2.75, 3.05) is 39.6 Å². The van der Waals surface area contributed by atoms with Crippen LogP contribution < -0.4 is 22.1 Å². The van der Waals surface area contributed by atoms with Crippen LogP contribution in [0.2, 0.25) is 0 Å². The lowest BCUT2D eigenvalue weighted by atomic mass is 9.88. The molecule has 0 bridgehead atoms. The summed E-state index contributed by atoms with van der Waals surface area (Å²) in [5.74, 6) is -7.71. The van der Waals surface area contributed by atoms with Gasteiger partial charge in [0.15, 0.2) is 25.2 Å². The van der Waals surface area contributed by atoms with Gasteiger partial charge in [-0.15, -0.1) is 0 Å². The lowest BCUT2D eigenvalue weighted by molar-refractivity contribution is -0.403. The number of nitrogens with one attached hydrogen (secondary N) is 3. The van der Waals surface area contributed by atoms with E-state index in [9.17, 15) is 106 Å². The van der Waals surface area contributed by atoms with E-state index in [0.717, 1.165) is 71.6 Å². The molecule has 0 radical (unpaired) electrons. The van der Waals surface area contributed by atoms with Gasteiger partial charge in [-0.3, -0.25) is 14.4 Å². The molecule has 5 aliphatic rings. The summed E-state index contributed by atoms with van der Waals surface area (Å²) in [5, 5.41) is 197. The van der Waals surface area contributed by atoms with E-state index in [0.29, 0.717) is 12.8 Å². The minimum atomic E-state index is -3.38. The van der Waals surface area contributed by atoms with Gasteiger partial charge in [0.2, 0.25) is 17.7 Å². The SMILES string of the molecule is CCCCCCCCCCCCC/C=C/[C@@H](O)[C@H](CO[C@@H]1O[C@H](CO)[C@@H](O[C@@H]2O[C@H](CO)[C@H](O[C@@H]3O[C@H](CO)[C@H](O)[C@H](O[C@@H]4O[C@H](CO)[C@H](O)[C@H](O)[C@H]4O)[C@H]3NC(C)=O)[C@H](O[C@]3(C(=O)O)C[C@H](O)[C@@H](NC(C)=O)[C@H]([C@H](O)[C@H](O)CO)O3)[C@H]2O)[C@H](O)[C@H]1O)NC(=O)CCCCCCCCCCCCCCCCC.N. The van der Waals surface area contributed by atoms with Gasteiger partial charge in [0.1, 0.15) is 116 Å². The van der Waals surface area contributed by atoms with Gasteiger partial charge in [0, 0.05) is 26.7 Å². The third-order valence-corrected chi connectivity index (χ3v) is 20.6. The van der Waals surface area contributed by atoms with Crippen molar-refractivity contribution in [3.63, 3.8) is 0 Å². The van der Waals surface area contributed by atoms with Crippen LogP contribution in [0.3, 0.4) is 0 Å². The fourth-order valence-electron chi connectivity index (χ4n) is 14.3. The first-order valence-electron chi connectivity index (χ1n) is 39.1. The van der Waals surface area contributed by atoms with E-state index in [1.54, 1.807) is 6.08 Å². The summed E-state index contributed by atoms with van der Waals surface area (Å²) in [5.41, 5.74) is 0. The van der Waals surface area contributed by atoms with Crippen molar-refractivity contribution in [3.8, 4) is 0 Å². The zero-order valence-corrected chi connectivity index (χ0v) is 63.5. The fourth-order valence-corrected chi connectivity index (χ4v) is 14.3. The molecular weight excluding hydrogens is 1430 g/mol. The highest BCUT2D eigenvalue weighted by molar-refractivity contribution is 5.77. The lowest BCUT2D eigenvalue weighted by Crippen LogP contribution is -2.72. The number of hydrogen-bond acceptors (Lipinski definition) is 31. The van der Waals surface area contributed by atoms with E-state index in [1.807, 2.05) is 6.08 Å². The van der Waals surface area contributed by atoms with E-state index >= 15 is 0 Å². The Kier molecular flexibility index (Phi) is 46.1. The summed E-state index contributed by atoms with van der Waals surface area (Å²) >= 11 is 0. The minimum Gasteiger partial charge on any atom is -0.477 e. The van der Waals surface area contributed by atoms with Crippen molar-refractivity contribution >= 4 is 23.7 Å². The average Bonchev–Trinajstić information content (AvgIpc) is 0.750. The number of unbranched alkanes of at least 4 members (excludes halogenated alkanes) is 25. The number of carbonyl (C=O) groups excluding carboxylic acids is 3. The summed E-state index contributed by atoms with van der Waals surface area (Å²) < 4.78 is 60.1. The monoisotopic (exact) mass is 1560 g/mol. The van der Waals surface area contributed by atoms with E-state index < -0.39 is 235 Å². The van der Waals surface area contributed by atoms with Crippen LogP contribution >= 0.6 is 0 Å². The molecule has 0 saturated carbocycles. The molecule has 632 valence electrons. The first-order chi connectivity index (χ1) is 51.3. The summed E-state index contributed by atoms with van der Waals surface area (Å²) in [6.07, 6.45) is -16.8. The average molecular weight is 1560 g/mol. The predicted octanol–water partition coefficient (Wildman–Crippen LogP) is -0.880. The van der Waals surface area contributed by atoms with Gasteiger partial charge in [0.25, 0.3) is 5.79 Å². The third-order valence-electron chi connectivity index (χ3n) is 20.6. The highest BCUT2D eigenvalue weighted by atomic mass is 16.8. The molecule has 28 atom stereocenters. The van der Waals surface area contributed by atoms with Crippen LogP contribution in [-0.2, 0) is 66.5 Å². The number of rotatable bonds is 52. The first kappa shape index (κ1) is 96.9. The number of hydrogen-bond donors (Lipinski definition) is 21. The molecule has 0 aromatic carbocycles. The molecule has 3 amide bonds. The zero-order valence-electron chi connectivity index (χ0n) is 63.5. The Morgan fingerprint density at radius 1 is 0.491 bits per heavy atom. The molecule has 5 saturated heterocycles. The maximum absolute atomic E-state index is 13.8. The normalized spacial score (nSPS) is 34.3. The van der Waals surface area contributed by atoms with Crippen molar-refractivity contribution < 1.29 is 153 Å². The number of amides is 3. The van der Waals surface area contributed by atoms with Crippen LogP contribution in [0.5, 0.6) is 0 Å². The lowest BCUT2D eigenvalue weighted by Gasteiger charge is -2.52. The Bertz CT molecular complexity index is 2510. The third kappa shape index (κ3) is 29.7. The highest BCUT2D eigenvalue weighted by Crippen LogP contribution is 2.41. The standard InChI is InChI=1S/C73H131N3O31.H3N/c1-5-7-9-11-13-15-17-19-20-22-24-26-28-30-32-34-52(87)76-44(45(84)33-31-29-27-25-23-21-18-16-14-12-10-8-6-2)41-98-69-61(94)59(92)63(50(39-80)101-69)103-71-62(95)67(107-73(72(96)97)35-46(85)53(74-42(3)82)66(106-73)55(88)47(86)36-77)64(51(40-81)102-71)104-68-54(75-43(4)83)65(57(90)49(38-79)99-68)105-70-60(93)58(91)56(89)48(37-78)100-70;/h31,33,44-51,53-71,77-81,84-86,88-95H,5-30,32,34-41H2,1-4H3,(H,74,82)(H,75,83)(H,76,87)(H,96,97);1H3/b33-31+;/t44-,45+,46-,47+,48+,49+,50+,51+,53+,54+,55+,56-,57-,58-,59+,60+,61+,62+,63+,64-,65+,66+,67+,68-,69+,70-,71-,73-;/m0./s1. The molecule has 35 nitrogen and oxygen atoms in total. The van der Waals surface area contributed by atoms with Gasteiger partial charge in [0.05, 0.1) is 63.9 Å². The molecular formula is C73H134N4O31. The Balaban J connectivity index is 0.0000246. The Morgan fingerprint density at radius 3 is 1.44 bits per heavy atom. The number of aliphatic hydroxyl groups excluding tert-OH is 16. The molecule has 5 heterocycles. The van der Waals surface area contributed by atoms with Crippen molar-refractivity contribution in [2.24, 2.45) is 0 Å². The number of carboxylic acids is 1. The van der Waals surface area contributed by atoms with Crippen molar-refractivity contribution in [2.45, 2.75) is 385 Å². The smallest absolute Gasteiger partial charge is 0.364 e. The Hall–Kier alpha value is -3.46.